The third kappa shape index (κ3) is 3.27. The molecule has 1 aromatic rings. The van der Waals surface area contributed by atoms with E-state index in [1.165, 1.54) is 18.4 Å². The second-order valence-corrected chi connectivity index (χ2v) is 5.37. The zero-order chi connectivity index (χ0) is 12.1. The van der Waals surface area contributed by atoms with Crippen LogP contribution in [0.2, 0.25) is 0 Å². The van der Waals surface area contributed by atoms with Gasteiger partial charge in [0.15, 0.2) is 0 Å². The SMILES string of the molecule is CC1(CNCc2ccncc2)CCCCC1O. The van der Waals surface area contributed by atoms with Crippen LogP contribution in [0.3, 0.4) is 0 Å². The lowest BCUT2D eigenvalue weighted by atomic mass is 9.73. The summed E-state index contributed by atoms with van der Waals surface area (Å²) in [7, 11) is 0. The molecule has 3 heteroatoms. The molecule has 0 amide bonds. The molecule has 0 bridgehead atoms. The smallest absolute Gasteiger partial charge is 0.0605 e. The highest BCUT2D eigenvalue weighted by Crippen LogP contribution is 2.35. The van der Waals surface area contributed by atoms with Crippen LogP contribution >= 0.6 is 0 Å². The van der Waals surface area contributed by atoms with Crippen LogP contribution in [0.25, 0.3) is 0 Å². The van der Waals surface area contributed by atoms with E-state index in [9.17, 15) is 5.11 Å². The van der Waals surface area contributed by atoms with Gasteiger partial charge in [-0.15, -0.1) is 0 Å². The Kier molecular flexibility index (Phi) is 4.13. The second-order valence-electron chi connectivity index (χ2n) is 5.37. The van der Waals surface area contributed by atoms with Crippen molar-refractivity contribution in [1.29, 1.82) is 0 Å². The normalized spacial score (nSPS) is 29.2. The minimum Gasteiger partial charge on any atom is -0.393 e. The van der Waals surface area contributed by atoms with Gasteiger partial charge in [-0.3, -0.25) is 4.98 Å². The summed E-state index contributed by atoms with van der Waals surface area (Å²) >= 11 is 0. The molecule has 1 aliphatic rings. The lowest BCUT2D eigenvalue weighted by molar-refractivity contribution is 0.00115. The summed E-state index contributed by atoms with van der Waals surface area (Å²) in [6.45, 7) is 3.93. The molecule has 0 aliphatic heterocycles. The van der Waals surface area contributed by atoms with E-state index in [4.69, 9.17) is 0 Å². The molecule has 94 valence electrons. The van der Waals surface area contributed by atoms with Gasteiger partial charge >= 0.3 is 0 Å². The van der Waals surface area contributed by atoms with Crippen LogP contribution in [0.5, 0.6) is 0 Å². The molecule has 1 saturated carbocycles. The lowest BCUT2D eigenvalue weighted by Crippen LogP contribution is -2.43. The van der Waals surface area contributed by atoms with E-state index in [0.29, 0.717) is 0 Å². The monoisotopic (exact) mass is 234 g/mol. The van der Waals surface area contributed by atoms with Crippen molar-refractivity contribution in [3.8, 4) is 0 Å². The summed E-state index contributed by atoms with van der Waals surface area (Å²) in [6.07, 6.45) is 7.96. The van der Waals surface area contributed by atoms with Gasteiger partial charge in [-0.05, 0) is 30.5 Å². The first-order valence-corrected chi connectivity index (χ1v) is 6.48. The van der Waals surface area contributed by atoms with Crippen molar-refractivity contribution in [2.24, 2.45) is 5.41 Å². The Bertz CT molecular complexity index is 341. The molecule has 2 rings (SSSR count). The van der Waals surface area contributed by atoms with Crippen LogP contribution in [0, 0.1) is 5.41 Å². The molecule has 1 aliphatic carbocycles. The number of nitrogens with one attached hydrogen (secondary N) is 1. The third-order valence-corrected chi connectivity index (χ3v) is 3.89. The zero-order valence-corrected chi connectivity index (χ0v) is 10.5. The Morgan fingerprint density at radius 3 is 2.88 bits per heavy atom. The highest BCUT2D eigenvalue weighted by molar-refractivity contribution is 5.09. The molecule has 1 aromatic heterocycles. The van der Waals surface area contributed by atoms with Crippen LogP contribution in [0.15, 0.2) is 24.5 Å². The van der Waals surface area contributed by atoms with Crippen molar-refractivity contribution in [1.82, 2.24) is 10.3 Å². The number of pyridine rings is 1. The number of rotatable bonds is 4. The maximum atomic E-state index is 10.1. The summed E-state index contributed by atoms with van der Waals surface area (Å²) in [5, 5.41) is 13.5. The highest BCUT2D eigenvalue weighted by Gasteiger charge is 2.34. The summed E-state index contributed by atoms with van der Waals surface area (Å²) in [5.74, 6) is 0. The fourth-order valence-electron chi connectivity index (χ4n) is 2.58. The Morgan fingerprint density at radius 2 is 2.18 bits per heavy atom. The Hall–Kier alpha value is -0.930. The number of hydrogen-bond acceptors (Lipinski definition) is 3. The van der Waals surface area contributed by atoms with Crippen molar-refractivity contribution in [3.63, 3.8) is 0 Å². The molecule has 3 nitrogen and oxygen atoms in total. The number of aromatic nitrogens is 1. The van der Waals surface area contributed by atoms with Gasteiger partial charge in [0.25, 0.3) is 0 Å². The predicted molar refractivity (Wildman–Crippen MR) is 68.5 cm³/mol. The van der Waals surface area contributed by atoms with Crippen LogP contribution in [-0.2, 0) is 6.54 Å². The second kappa shape index (κ2) is 5.61. The molecule has 0 aromatic carbocycles. The van der Waals surface area contributed by atoms with E-state index in [0.717, 1.165) is 25.9 Å². The van der Waals surface area contributed by atoms with Crippen molar-refractivity contribution < 1.29 is 5.11 Å². The molecule has 0 spiro atoms. The number of nitrogens with zero attached hydrogens (tertiary/aromatic N) is 1. The van der Waals surface area contributed by atoms with Crippen molar-refractivity contribution in [2.45, 2.75) is 45.3 Å². The first-order valence-electron chi connectivity index (χ1n) is 6.48. The molecular formula is C14H22N2O. The summed E-state index contributed by atoms with van der Waals surface area (Å²) in [5.41, 5.74) is 1.29. The zero-order valence-electron chi connectivity index (χ0n) is 10.5. The fourth-order valence-corrected chi connectivity index (χ4v) is 2.58. The average molecular weight is 234 g/mol. The average Bonchev–Trinajstić information content (AvgIpc) is 2.35. The van der Waals surface area contributed by atoms with Gasteiger partial charge in [0.1, 0.15) is 0 Å². The lowest BCUT2D eigenvalue weighted by Gasteiger charge is -2.38. The molecule has 1 heterocycles. The van der Waals surface area contributed by atoms with E-state index in [-0.39, 0.29) is 11.5 Å². The molecule has 2 atom stereocenters. The van der Waals surface area contributed by atoms with Crippen LogP contribution in [0.4, 0.5) is 0 Å². The van der Waals surface area contributed by atoms with Gasteiger partial charge in [-0.25, -0.2) is 0 Å². The van der Waals surface area contributed by atoms with Crippen molar-refractivity contribution in [3.05, 3.63) is 30.1 Å². The van der Waals surface area contributed by atoms with E-state index < -0.39 is 0 Å². The molecule has 2 N–H and O–H groups in total. The summed E-state index contributed by atoms with van der Waals surface area (Å²) < 4.78 is 0. The first kappa shape index (κ1) is 12.5. The quantitative estimate of drug-likeness (QED) is 0.838. The van der Waals surface area contributed by atoms with Crippen molar-refractivity contribution >= 4 is 0 Å². The molecule has 1 fully saturated rings. The first-order chi connectivity index (χ1) is 8.21. The van der Waals surface area contributed by atoms with E-state index in [2.05, 4.69) is 17.2 Å². The minimum atomic E-state index is -0.152. The van der Waals surface area contributed by atoms with Gasteiger partial charge in [0, 0.05) is 30.9 Å². The maximum Gasteiger partial charge on any atom is 0.0605 e. The molecule has 2 unspecified atom stereocenters. The van der Waals surface area contributed by atoms with Gasteiger partial charge in [-0.2, -0.15) is 0 Å². The van der Waals surface area contributed by atoms with E-state index in [1.54, 1.807) is 0 Å². The largest absolute Gasteiger partial charge is 0.393 e. The Labute approximate surface area is 103 Å². The molecular weight excluding hydrogens is 212 g/mol. The number of aliphatic hydroxyl groups is 1. The fraction of sp³-hybridized carbons (Fsp3) is 0.643. The van der Waals surface area contributed by atoms with E-state index >= 15 is 0 Å². The molecule has 0 radical (unpaired) electrons. The number of hydrogen-bond donors (Lipinski definition) is 2. The summed E-state index contributed by atoms with van der Waals surface area (Å²) in [4.78, 5) is 4.00. The highest BCUT2D eigenvalue weighted by atomic mass is 16.3. The summed E-state index contributed by atoms with van der Waals surface area (Å²) in [6, 6.07) is 4.04. The minimum absolute atomic E-state index is 0.0469. The van der Waals surface area contributed by atoms with Crippen LogP contribution in [0.1, 0.15) is 38.2 Å². The van der Waals surface area contributed by atoms with Crippen LogP contribution < -0.4 is 5.32 Å². The third-order valence-electron chi connectivity index (χ3n) is 3.89. The van der Waals surface area contributed by atoms with Gasteiger partial charge in [-0.1, -0.05) is 19.8 Å². The van der Waals surface area contributed by atoms with Gasteiger partial charge in [0.2, 0.25) is 0 Å². The van der Waals surface area contributed by atoms with Gasteiger partial charge < -0.3 is 10.4 Å². The predicted octanol–water partition coefficient (Wildman–Crippen LogP) is 2.11. The maximum absolute atomic E-state index is 10.1. The molecule has 0 saturated heterocycles. The Morgan fingerprint density at radius 1 is 1.41 bits per heavy atom. The standard InChI is InChI=1S/C14H22N2O/c1-14(7-3-2-4-13(14)17)11-16-10-12-5-8-15-9-6-12/h5-6,8-9,13,16-17H,2-4,7,10-11H2,1H3. The van der Waals surface area contributed by atoms with Gasteiger partial charge in [0.05, 0.1) is 6.10 Å². The number of aliphatic hydroxyl groups excluding tert-OH is 1. The molecule has 17 heavy (non-hydrogen) atoms. The van der Waals surface area contributed by atoms with E-state index in [1.807, 2.05) is 24.5 Å². The topological polar surface area (TPSA) is 45.2 Å². The van der Waals surface area contributed by atoms with Crippen molar-refractivity contribution in [2.75, 3.05) is 6.54 Å². The van der Waals surface area contributed by atoms with Crippen LogP contribution in [-0.4, -0.2) is 22.7 Å². The Balaban J connectivity index is 1.81.